The van der Waals surface area contributed by atoms with E-state index in [-0.39, 0.29) is 12.2 Å². The highest BCUT2D eigenvalue weighted by atomic mass is 35.5. The molecule has 1 aliphatic carbocycles. The van der Waals surface area contributed by atoms with Gasteiger partial charge in [-0.25, -0.2) is 0 Å². The third-order valence-electron chi connectivity index (χ3n) is 1.94. The number of hydrogen-bond donors (Lipinski definition) is 0. The monoisotopic (exact) mass is 225 g/mol. The van der Waals surface area contributed by atoms with Gasteiger partial charge in [-0.3, -0.25) is 4.79 Å². The van der Waals surface area contributed by atoms with Crippen LogP contribution in [0.5, 0.6) is 0 Å². The lowest BCUT2D eigenvalue weighted by atomic mass is 9.87. The Morgan fingerprint density at radius 3 is 2.33 bits per heavy atom. The number of alkyl halides is 3. The Morgan fingerprint density at radius 1 is 1.42 bits per heavy atom. The van der Waals surface area contributed by atoms with Crippen LogP contribution in [0.3, 0.4) is 0 Å². The molecular formula is C7H6Cl3NO. The fraction of sp³-hybridized carbons (Fsp3) is 0.714. The summed E-state index contributed by atoms with van der Waals surface area (Å²) in [5.74, 6) is -0.386. The molecule has 1 fully saturated rings. The molecular weight excluding hydrogens is 220 g/mol. The van der Waals surface area contributed by atoms with Crippen molar-refractivity contribution in [3.63, 3.8) is 0 Å². The number of nitrogens with zero attached hydrogens (tertiary/aromatic N) is 1. The van der Waals surface area contributed by atoms with Crippen LogP contribution in [-0.4, -0.2) is 15.0 Å². The normalized spacial score (nSPS) is 34.3. The highest BCUT2D eigenvalue weighted by Gasteiger charge is 2.56. The van der Waals surface area contributed by atoms with Gasteiger partial charge < -0.3 is 0 Å². The number of hydrogen-bond acceptors (Lipinski definition) is 2. The first-order valence-electron chi connectivity index (χ1n) is 3.45. The Balaban J connectivity index is 3.06. The fourth-order valence-corrected chi connectivity index (χ4v) is 1.92. The summed E-state index contributed by atoms with van der Waals surface area (Å²) in [5, 5.41) is 8.68. The average Bonchev–Trinajstić information content (AvgIpc) is 2.00. The van der Waals surface area contributed by atoms with Crippen LogP contribution < -0.4 is 0 Å². The predicted octanol–water partition coefficient (Wildman–Crippen LogP) is 2.41. The summed E-state index contributed by atoms with van der Waals surface area (Å²) in [6.45, 7) is 0. The molecule has 0 unspecified atom stereocenters. The van der Waals surface area contributed by atoms with Crippen molar-refractivity contribution < 1.29 is 4.79 Å². The molecule has 0 saturated heterocycles. The molecule has 5 heteroatoms. The van der Waals surface area contributed by atoms with Crippen molar-refractivity contribution in [2.75, 3.05) is 0 Å². The number of carbonyl (C=O) groups is 1. The van der Waals surface area contributed by atoms with E-state index in [1.807, 2.05) is 0 Å². The molecule has 0 N–H and O–H groups in total. The summed E-state index contributed by atoms with van der Waals surface area (Å²) in [5.41, 5.74) is 0. The van der Waals surface area contributed by atoms with Crippen LogP contribution in [0.1, 0.15) is 19.3 Å². The zero-order chi connectivity index (χ0) is 9.41. The van der Waals surface area contributed by atoms with E-state index in [0.29, 0.717) is 12.8 Å². The summed E-state index contributed by atoms with van der Waals surface area (Å²) in [7, 11) is 0. The first kappa shape index (κ1) is 10.1. The lowest BCUT2D eigenvalue weighted by molar-refractivity contribution is -0.121. The lowest BCUT2D eigenvalue weighted by Crippen LogP contribution is -2.50. The minimum atomic E-state index is -1.76. The molecule has 0 spiro atoms. The van der Waals surface area contributed by atoms with E-state index in [4.69, 9.17) is 40.1 Å². The van der Waals surface area contributed by atoms with Gasteiger partial charge in [-0.15, -0.1) is 0 Å². The first-order chi connectivity index (χ1) is 5.44. The number of carbonyl (C=O) groups excluding carboxylic acids is 1. The van der Waals surface area contributed by atoms with Crippen molar-refractivity contribution in [1.29, 1.82) is 5.26 Å². The summed E-state index contributed by atoms with van der Waals surface area (Å²) in [6.07, 6.45) is 1.24. The third kappa shape index (κ3) is 1.31. The van der Waals surface area contributed by atoms with Gasteiger partial charge in [-0.2, -0.15) is 5.26 Å². The van der Waals surface area contributed by atoms with E-state index in [9.17, 15) is 4.79 Å². The van der Waals surface area contributed by atoms with Gasteiger partial charge in [0.05, 0.1) is 6.07 Å². The van der Waals surface area contributed by atoms with Crippen molar-refractivity contribution in [3.05, 3.63) is 0 Å². The zero-order valence-electron chi connectivity index (χ0n) is 6.11. The van der Waals surface area contributed by atoms with Crippen molar-refractivity contribution in [2.24, 2.45) is 0 Å². The highest BCUT2D eigenvalue weighted by molar-refractivity contribution is 6.58. The van der Waals surface area contributed by atoms with Gasteiger partial charge >= 0.3 is 0 Å². The topological polar surface area (TPSA) is 40.9 Å². The minimum Gasteiger partial charge on any atom is -0.296 e. The van der Waals surface area contributed by atoms with Gasteiger partial charge in [0.2, 0.25) is 4.87 Å². The smallest absolute Gasteiger partial charge is 0.221 e. The molecule has 0 aromatic heterocycles. The summed E-state index contributed by atoms with van der Waals surface area (Å²) in [6, 6.07) is 1.67. The second-order valence-corrected chi connectivity index (χ2v) is 4.80. The Labute approximate surface area is 85.4 Å². The molecule has 66 valence electrons. The van der Waals surface area contributed by atoms with Crippen LogP contribution in [-0.2, 0) is 4.79 Å². The van der Waals surface area contributed by atoms with Crippen molar-refractivity contribution in [2.45, 2.75) is 28.5 Å². The van der Waals surface area contributed by atoms with Crippen LogP contribution in [0, 0.1) is 11.3 Å². The van der Waals surface area contributed by atoms with Crippen molar-refractivity contribution >= 4 is 40.6 Å². The van der Waals surface area contributed by atoms with E-state index < -0.39 is 9.21 Å². The molecule has 0 radical (unpaired) electrons. The number of nitriles is 1. The van der Waals surface area contributed by atoms with Gasteiger partial charge in [0.25, 0.3) is 0 Å². The third-order valence-corrected chi connectivity index (χ3v) is 3.69. The molecule has 0 amide bonds. The van der Waals surface area contributed by atoms with Gasteiger partial charge in [0.1, 0.15) is 0 Å². The number of halogens is 3. The minimum absolute atomic E-state index is 0.276. The van der Waals surface area contributed by atoms with Crippen molar-refractivity contribution in [3.8, 4) is 6.07 Å². The Bertz CT molecular complexity index is 258. The molecule has 0 aromatic rings. The number of ketones is 1. The maximum Gasteiger partial charge on any atom is 0.221 e. The fourth-order valence-electron chi connectivity index (χ4n) is 1.16. The van der Waals surface area contributed by atoms with Crippen molar-refractivity contribution in [1.82, 2.24) is 0 Å². The van der Waals surface area contributed by atoms with Crippen LogP contribution in [0.2, 0.25) is 0 Å². The van der Waals surface area contributed by atoms with Gasteiger partial charge in [-0.05, 0) is 12.8 Å². The predicted molar refractivity (Wildman–Crippen MR) is 47.5 cm³/mol. The Kier molecular flexibility index (Phi) is 2.58. The van der Waals surface area contributed by atoms with E-state index in [1.165, 1.54) is 0 Å². The number of rotatable bonds is 0. The van der Waals surface area contributed by atoms with E-state index in [1.54, 1.807) is 6.07 Å². The summed E-state index contributed by atoms with van der Waals surface area (Å²) in [4.78, 5) is 9.48. The Hall–Kier alpha value is 0.0300. The summed E-state index contributed by atoms with van der Waals surface area (Å²) < 4.78 is -1.45. The summed E-state index contributed by atoms with van der Waals surface area (Å²) >= 11 is 17.3. The molecule has 0 heterocycles. The van der Waals surface area contributed by atoms with Crippen LogP contribution in [0.4, 0.5) is 0 Å². The molecule has 1 saturated carbocycles. The molecule has 0 aliphatic heterocycles. The lowest BCUT2D eigenvalue weighted by Gasteiger charge is -2.34. The molecule has 1 aliphatic rings. The van der Waals surface area contributed by atoms with Crippen LogP contribution in [0.15, 0.2) is 0 Å². The van der Waals surface area contributed by atoms with Gasteiger partial charge in [0, 0.05) is 6.42 Å². The van der Waals surface area contributed by atoms with Crippen LogP contribution >= 0.6 is 34.8 Å². The maximum absolute atomic E-state index is 11.2. The molecule has 1 atom stereocenters. The first-order valence-corrected chi connectivity index (χ1v) is 4.59. The maximum atomic E-state index is 11.2. The zero-order valence-corrected chi connectivity index (χ0v) is 8.38. The second kappa shape index (κ2) is 3.06. The molecule has 2 nitrogen and oxygen atoms in total. The molecule has 1 rings (SSSR count). The molecule has 0 aromatic carbocycles. The van der Waals surface area contributed by atoms with Gasteiger partial charge in [-0.1, -0.05) is 34.8 Å². The van der Waals surface area contributed by atoms with E-state index in [2.05, 4.69) is 0 Å². The highest BCUT2D eigenvalue weighted by Crippen LogP contribution is 2.47. The number of Topliss-reactive ketones (excluding diaryl/α,β-unsaturated/α-hetero) is 1. The van der Waals surface area contributed by atoms with E-state index in [0.717, 1.165) is 0 Å². The standard InChI is InChI=1S/C7H6Cl3NO/c8-6(4-11)5(12)2-1-3-7(6,9)10/h1-3H2/t6-/m0/s1. The van der Waals surface area contributed by atoms with E-state index >= 15 is 0 Å². The average molecular weight is 226 g/mol. The SMILES string of the molecule is N#C[C@]1(Cl)C(=O)CCCC1(Cl)Cl. The quantitative estimate of drug-likeness (QED) is 0.595. The largest absolute Gasteiger partial charge is 0.296 e. The van der Waals surface area contributed by atoms with Gasteiger partial charge in [0.15, 0.2) is 10.1 Å². The van der Waals surface area contributed by atoms with Crippen LogP contribution in [0.25, 0.3) is 0 Å². The second-order valence-electron chi connectivity index (χ2n) is 2.75. The molecule has 0 bridgehead atoms. The Morgan fingerprint density at radius 2 is 2.00 bits per heavy atom. The molecule has 12 heavy (non-hydrogen) atoms.